The van der Waals surface area contributed by atoms with Crippen LogP contribution < -0.4 is 10.2 Å². The van der Waals surface area contributed by atoms with Gasteiger partial charge in [-0.05, 0) is 6.42 Å². The molecular weight excluding hydrogens is 264 g/mol. The molecule has 2 aromatic rings. The molecule has 0 radical (unpaired) electrons. The highest BCUT2D eigenvalue weighted by Crippen LogP contribution is 2.22. The Hall–Kier alpha value is -2.14. The van der Waals surface area contributed by atoms with Gasteiger partial charge in [-0.15, -0.1) is 0 Å². The third-order valence-electron chi connectivity index (χ3n) is 3.19. The van der Waals surface area contributed by atoms with Gasteiger partial charge in [-0.3, -0.25) is 0 Å². The molecule has 0 aliphatic rings. The average molecular weight is 286 g/mol. The molecule has 0 aliphatic carbocycles. The van der Waals surface area contributed by atoms with Crippen LogP contribution in [0.25, 0.3) is 11.4 Å². The van der Waals surface area contributed by atoms with Crippen molar-refractivity contribution in [2.75, 3.05) is 37.0 Å². The number of hydrogen-bond donors (Lipinski definition) is 2. The quantitative estimate of drug-likeness (QED) is 0.818. The van der Waals surface area contributed by atoms with Gasteiger partial charge < -0.3 is 15.3 Å². The van der Waals surface area contributed by atoms with Gasteiger partial charge in [0.1, 0.15) is 11.6 Å². The molecule has 5 heteroatoms. The maximum absolute atomic E-state index is 9.24. The summed E-state index contributed by atoms with van der Waals surface area (Å²) in [5.41, 5.74) is 0.983. The highest BCUT2D eigenvalue weighted by molar-refractivity contribution is 5.61. The molecule has 112 valence electrons. The summed E-state index contributed by atoms with van der Waals surface area (Å²) in [6.07, 6.45) is 1.000. The topological polar surface area (TPSA) is 61.3 Å². The van der Waals surface area contributed by atoms with Crippen molar-refractivity contribution in [1.82, 2.24) is 9.97 Å². The maximum Gasteiger partial charge on any atom is 0.163 e. The van der Waals surface area contributed by atoms with Crippen molar-refractivity contribution >= 4 is 11.6 Å². The average Bonchev–Trinajstić information content (AvgIpc) is 2.55. The number of hydrogen-bond acceptors (Lipinski definition) is 5. The number of nitrogens with zero attached hydrogens (tertiary/aromatic N) is 3. The van der Waals surface area contributed by atoms with Crippen LogP contribution in [-0.4, -0.2) is 41.8 Å². The van der Waals surface area contributed by atoms with Gasteiger partial charge in [0.05, 0.1) is 6.61 Å². The molecule has 0 aliphatic heterocycles. The smallest absolute Gasteiger partial charge is 0.163 e. The number of rotatable bonds is 7. The van der Waals surface area contributed by atoms with Crippen LogP contribution in [-0.2, 0) is 0 Å². The molecule has 2 rings (SSSR count). The van der Waals surface area contributed by atoms with E-state index in [0.717, 1.165) is 30.2 Å². The van der Waals surface area contributed by atoms with Crippen molar-refractivity contribution in [2.24, 2.45) is 0 Å². The Kier molecular flexibility index (Phi) is 5.51. The van der Waals surface area contributed by atoms with Crippen molar-refractivity contribution in [2.45, 2.75) is 13.3 Å². The highest BCUT2D eigenvalue weighted by atomic mass is 16.3. The molecule has 0 amide bonds. The minimum atomic E-state index is 0.111. The number of anilines is 2. The standard InChI is InChI=1S/C16H22N4O/c1-3-9-20(10-11-21)15-12-14(17-2)18-16(19-15)13-7-5-4-6-8-13/h4-8,12,21H,3,9-11H2,1-2H3,(H,17,18,19). The zero-order valence-electron chi connectivity index (χ0n) is 12.6. The summed E-state index contributed by atoms with van der Waals surface area (Å²) in [6.45, 7) is 3.65. The van der Waals surface area contributed by atoms with Crippen LogP contribution >= 0.6 is 0 Å². The fourth-order valence-electron chi connectivity index (χ4n) is 2.17. The number of aliphatic hydroxyl groups excluding tert-OH is 1. The molecule has 0 bridgehead atoms. The molecule has 1 aromatic carbocycles. The molecule has 5 nitrogen and oxygen atoms in total. The monoisotopic (exact) mass is 286 g/mol. The summed E-state index contributed by atoms with van der Waals surface area (Å²) in [5.74, 6) is 2.30. The number of aliphatic hydroxyl groups is 1. The Bertz CT molecular complexity index is 553. The van der Waals surface area contributed by atoms with Gasteiger partial charge >= 0.3 is 0 Å². The molecule has 2 N–H and O–H groups in total. The SMILES string of the molecule is CCCN(CCO)c1cc(NC)nc(-c2ccccc2)n1. The fraction of sp³-hybridized carbons (Fsp3) is 0.375. The largest absolute Gasteiger partial charge is 0.395 e. The summed E-state index contributed by atoms with van der Waals surface area (Å²) in [5, 5.41) is 12.3. The second kappa shape index (κ2) is 7.59. The lowest BCUT2D eigenvalue weighted by molar-refractivity contribution is 0.301. The van der Waals surface area contributed by atoms with Crippen LogP contribution in [0.4, 0.5) is 11.6 Å². The summed E-state index contributed by atoms with van der Waals surface area (Å²) in [6, 6.07) is 11.8. The molecule has 1 heterocycles. The van der Waals surface area contributed by atoms with Gasteiger partial charge in [0.25, 0.3) is 0 Å². The summed E-state index contributed by atoms with van der Waals surface area (Å²) >= 11 is 0. The van der Waals surface area contributed by atoms with Gasteiger partial charge in [0.2, 0.25) is 0 Å². The lowest BCUT2D eigenvalue weighted by atomic mass is 10.2. The molecule has 21 heavy (non-hydrogen) atoms. The van der Waals surface area contributed by atoms with E-state index in [2.05, 4.69) is 27.1 Å². The number of aromatic nitrogens is 2. The molecule has 0 spiro atoms. The number of nitrogens with one attached hydrogen (secondary N) is 1. The van der Waals surface area contributed by atoms with Gasteiger partial charge in [0.15, 0.2) is 5.82 Å². The third-order valence-corrected chi connectivity index (χ3v) is 3.19. The first kappa shape index (κ1) is 15.3. The van der Waals surface area contributed by atoms with E-state index in [1.807, 2.05) is 43.4 Å². The van der Waals surface area contributed by atoms with Crippen LogP contribution in [0.2, 0.25) is 0 Å². The molecule has 0 atom stereocenters. The molecule has 0 fully saturated rings. The van der Waals surface area contributed by atoms with Gasteiger partial charge in [-0.1, -0.05) is 37.3 Å². The van der Waals surface area contributed by atoms with Crippen LogP contribution in [0, 0.1) is 0 Å². The lowest BCUT2D eigenvalue weighted by Gasteiger charge is -2.23. The van der Waals surface area contributed by atoms with E-state index in [9.17, 15) is 5.11 Å². The van der Waals surface area contributed by atoms with Crippen LogP contribution in [0.15, 0.2) is 36.4 Å². The van der Waals surface area contributed by atoms with Crippen LogP contribution in [0.5, 0.6) is 0 Å². The van der Waals surface area contributed by atoms with Crippen molar-refractivity contribution in [3.8, 4) is 11.4 Å². The van der Waals surface area contributed by atoms with E-state index in [1.165, 1.54) is 0 Å². The van der Waals surface area contributed by atoms with Crippen molar-refractivity contribution in [1.29, 1.82) is 0 Å². The second-order valence-electron chi connectivity index (χ2n) is 4.76. The Morgan fingerprint density at radius 1 is 1.14 bits per heavy atom. The predicted molar refractivity (Wildman–Crippen MR) is 86.6 cm³/mol. The van der Waals surface area contributed by atoms with Gasteiger partial charge in [-0.2, -0.15) is 0 Å². The Morgan fingerprint density at radius 3 is 2.52 bits per heavy atom. The summed E-state index contributed by atoms with van der Waals surface area (Å²) in [7, 11) is 1.84. The second-order valence-corrected chi connectivity index (χ2v) is 4.76. The lowest BCUT2D eigenvalue weighted by Crippen LogP contribution is -2.28. The van der Waals surface area contributed by atoms with E-state index in [-0.39, 0.29) is 6.61 Å². The van der Waals surface area contributed by atoms with Gasteiger partial charge in [0, 0.05) is 31.8 Å². The highest BCUT2D eigenvalue weighted by Gasteiger charge is 2.11. The van der Waals surface area contributed by atoms with Gasteiger partial charge in [-0.25, -0.2) is 9.97 Å². The molecule has 0 unspecified atom stereocenters. The first-order chi connectivity index (χ1) is 10.3. The van der Waals surface area contributed by atoms with E-state index < -0.39 is 0 Å². The normalized spacial score (nSPS) is 10.4. The number of benzene rings is 1. The van der Waals surface area contributed by atoms with Crippen molar-refractivity contribution in [3.05, 3.63) is 36.4 Å². The molecule has 0 saturated carbocycles. The van der Waals surface area contributed by atoms with Crippen LogP contribution in [0.3, 0.4) is 0 Å². The fourth-order valence-corrected chi connectivity index (χ4v) is 2.17. The Balaban J connectivity index is 2.41. The van der Waals surface area contributed by atoms with E-state index in [1.54, 1.807) is 0 Å². The van der Waals surface area contributed by atoms with Crippen molar-refractivity contribution < 1.29 is 5.11 Å². The summed E-state index contributed by atoms with van der Waals surface area (Å²) in [4.78, 5) is 11.2. The van der Waals surface area contributed by atoms with E-state index in [4.69, 9.17) is 0 Å². The maximum atomic E-state index is 9.24. The van der Waals surface area contributed by atoms with Crippen LogP contribution in [0.1, 0.15) is 13.3 Å². The van der Waals surface area contributed by atoms with E-state index >= 15 is 0 Å². The van der Waals surface area contributed by atoms with Crippen molar-refractivity contribution in [3.63, 3.8) is 0 Å². The molecular formula is C16H22N4O. The molecule has 1 aromatic heterocycles. The Morgan fingerprint density at radius 2 is 1.90 bits per heavy atom. The minimum Gasteiger partial charge on any atom is -0.395 e. The zero-order chi connectivity index (χ0) is 15.1. The minimum absolute atomic E-state index is 0.111. The van der Waals surface area contributed by atoms with E-state index in [0.29, 0.717) is 12.4 Å². The zero-order valence-corrected chi connectivity index (χ0v) is 12.6. The predicted octanol–water partition coefficient (Wildman–Crippen LogP) is 2.39. The Labute approximate surface area is 125 Å². The molecule has 0 saturated heterocycles. The first-order valence-electron chi connectivity index (χ1n) is 7.26. The third kappa shape index (κ3) is 3.92. The first-order valence-corrected chi connectivity index (χ1v) is 7.26. The summed E-state index contributed by atoms with van der Waals surface area (Å²) < 4.78 is 0.